The highest BCUT2D eigenvalue weighted by molar-refractivity contribution is 8.00. The van der Waals surface area contributed by atoms with E-state index in [-0.39, 0.29) is 11.7 Å². The number of hydrogen-bond acceptors (Lipinski definition) is 4. The zero-order valence-corrected chi connectivity index (χ0v) is 10.8. The average Bonchev–Trinajstić information content (AvgIpc) is 2.63. The van der Waals surface area contributed by atoms with E-state index >= 15 is 0 Å². The molecule has 0 aliphatic rings. The first-order valence-corrected chi connectivity index (χ1v) is 6.39. The van der Waals surface area contributed by atoms with Crippen LogP contribution in [0.3, 0.4) is 0 Å². The molecule has 0 aliphatic carbocycles. The molecule has 1 aromatic carbocycles. The van der Waals surface area contributed by atoms with Crippen LogP contribution in [0, 0.1) is 6.92 Å². The zero-order valence-electron chi connectivity index (χ0n) is 9.96. The summed E-state index contributed by atoms with van der Waals surface area (Å²) in [6.45, 7) is 1.86. The van der Waals surface area contributed by atoms with Crippen molar-refractivity contribution in [2.24, 2.45) is 5.73 Å². The van der Waals surface area contributed by atoms with E-state index in [1.165, 1.54) is 11.8 Å². The number of carbonyl (C=O) groups is 1. The number of nitrogen functional groups attached to an aromatic ring is 1. The van der Waals surface area contributed by atoms with Crippen LogP contribution >= 0.6 is 11.8 Å². The lowest BCUT2D eigenvalue weighted by molar-refractivity contribution is -0.115. The second-order valence-corrected chi connectivity index (χ2v) is 4.79. The van der Waals surface area contributed by atoms with Crippen LogP contribution in [0.25, 0.3) is 5.69 Å². The van der Waals surface area contributed by atoms with Gasteiger partial charge < -0.3 is 11.5 Å². The molecule has 0 radical (unpaired) electrons. The minimum Gasteiger partial charge on any atom is -0.383 e. The number of hydrogen-bond donors (Lipinski definition) is 2. The third kappa shape index (κ3) is 2.48. The van der Waals surface area contributed by atoms with Crippen LogP contribution in [-0.4, -0.2) is 21.4 Å². The van der Waals surface area contributed by atoms with Crippen LogP contribution < -0.4 is 11.5 Å². The molecule has 0 bridgehead atoms. The molecule has 2 rings (SSSR count). The monoisotopic (exact) mass is 262 g/mol. The number of anilines is 1. The second-order valence-electron chi connectivity index (χ2n) is 3.80. The SMILES string of the molecule is Cc1nn(-c2ccccc2)c(N)c1SCC(N)=O. The lowest BCUT2D eigenvalue weighted by Crippen LogP contribution is -2.13. The maximum Gasteiger partial charge on any atom is 0.227 e. The summed E-state index contributed by atoms with van der Waals surface area (Å²) in [7, 11) is 0. The molecule has 0 aliphatic heterocycles. The first kappa shape index (κ1) is 12.5. The molecule has 6 heteroatoms. The van der Waals surface area contributed by atoms with Crippen molar-refractivity contribution in [3.8, 4) is 5.69 Å². The number of para-hydroxylation sites is 1. The second kappa shape index (κ2) is 5.14. The molecule has 1 heterocycles. The van der Waals surface area contributed by atoms with Crippen molar-refractivity contribution >= 4 is 23.5 Å². The van der Waals surface area contributed by atoms with E-state index in [4.69, 9.17) is 11.5 Å². The topological polar surface area (TPSA) is 86.9 Å². The summed E-state index contributed by atoms with van der Waals surface area (Å²) in [5.74, 6) is 0.363. The van der Waals surface area contributed by atoms with Crippen LogP contribution in [0.1, 0.15) is 5.69 Å². The quantitative estimate of drug-likeness (QED) is 0.814. The Balaban J connectivity index is 2.35. The van der Waals surface area contributed by atoms with Gasteiger partial charge in [0.05, 0.1) is 22.0 Å². The van der Waals surface area contributed by atoms with Gasteiger partial charge in [-0.2, -0.15) is 5.10 Å². The normalized spacial score (nSPS) is 10.5. The number of rotatable bonds is 4. The Bertz CT molecular complexity index is 565. The van der Waals surface area contributed by atoms with Crippen LogP contribution in [0.5, 0.6) is 0 Å². The van der Waals surface area contributed by atoms with E-state index < -0.39 is 0 Å². The van der Waals surface area contributed by atoms with Crippen LogP contribution in [0.4, 0.5) is 5.82 Å². The summed E-state index contributed by atoms with van der Waals surface area (Å²) < 4.78 is 1.67. The Kier molecular flexibility index (Phi) is 3.57. The van der Waals surface area contributed by atoms with Crippen molar-refractivity contribution in [1.82, 2.24) is 9.78 Å². The number of carbonyl (C=O) groups excluding carboxylic acids is 1. The zero-order chi connectivity index (χ0) is 13.1. The number of benzene rings is 1. The third-order valence-corrected chi connectivity index (χ3v) is 3.62. The summed E-state index contributed by atoms with van der Waals surface area (Å²) in [5.41, 5.74) is 12.9. The highest BCUT2D eigenvalue weighted by Crippen LogP contribution is 2.30. The smallest absolute Gasteiger partial charge is 0.227 e. The lowest BCUT2D eigenvalue weighted by atomic mass is 10.3. The number of nitrogens with two attached hydrogens (primary N) is 2. The van der Waals surface area contributed by atoms with Crippen molar-refractivity contribution in [2.45, 2.75) is 11.8 Å². The lowest BCUT2D eigenvalue weighted by Gasteiger charge is -2.04. The maximum atomic E-state index is 10.8. The molecule has 0 saturated carbocycles. The fourth-order valence-corrected chi connectivity index (χ4v) is 2.39. The van der Waals surface area contributed by atoms with Crippen molar-refractivity contribution in [2.75, 3.05) is 11.5 Å². The maximum absolute atomic E-state index is 10.8. The molecule has 0 fully saturated rings. The van der Waals surface area contributed by atoms with Gasteiger partial charge in [-0.3, -0.25) is 4.79 Å². The summed E-state index contributed by atoms with van der Waals surface area (Å²) in [6.07, 6.45) is 0. The molecule has 0 saturated heterocycles. The standard InChI is InChI=1S/C12H14N4OS/c1-8-11(18-7-10(13)17)12(14)16(15-8)9-5-3-2-4-6-9/h2-6H,7,14H2,1H3,(H2,13,17). The summed E-state index contributed by atoms with van der Waals surface area (Å²) in [4.78, 5) is 11.6. The molecule has 1 aromatic heterocycles. The molecule has 4 N–H and O–H groups in total. The summed E-state index contributed by atoms with van der Waals surface area (Å²) in [5, 5.41) is 4.38. The van der Waals surface area contributed by atoms with Gasteiger partial charge in [-0.15, -0.1) is 11.8 Å². The van der Waals surface area contributed by atoms with Gasteiger partial charge in [-0.1, -0.05) is 18.2 Å². The highest BCUT2D eigenvalue weighted by Gasteiger charge is 2.14. The van der Waals surface area contributed by atoms with Gasteiger partial charge in [-0.25, -0.2) is 4.68 Å². The Morgan fingerprint density at radius 3 is 2.67 bits per heavy atom. The number of nitrogens with zero attached hydrogens (tertiary/aromatic N) is 2. The van der Waals surface area contributed by atoms with Crippen molar-refractivity contribution in [3.63, 3.8) is 0 Å². The first-order valence-electron chi connectivity index (χ1n) is 5.41. The number of aromatic nitrogens is 2. The van der Waals surface area contributed by atoms with E-state index in [1.807, 2.05) is 37.3 Å². The van der Waals surface area contributed by atoms with E-state index in [0.29, 0.717) is 5.82 Å². The Hall–Kier alpha value is -1.95. The molecule has 5 nitrogen and oxygen atoms in total. The molecule has 18 heavy (non-hydrogen) atoms. The molecule has 94 valence electrons. The fourth-order valence-electron chi connectivity index (χ4n) is 1.62. The molecular weight excluding hydrogens is 248 g/mol. The summed E-state index contributed by atoms with van der Waals surface area (Å²) in [6, 6.07) is 9.61. The minimum atomic E-state index is -0.369. The number of aryl methyl sites for hydroxylation is 1. The van der Waals surface area contributed by atoms with Gasteiger partial charge in [0, 0.05) is 0 Å². The number of amides is 1. The van der Waals surface area contributed by atoms with Gasteiger partial charge in [0.25, 0.3) is 0 Å². The van der Waals surface area contributed by atoms with Crippen LogP contribution in [-0.2, 0) is 4.79 Å². The molecule has 2 aromatic rings. The van der Waals surface area contributed by atoms with Crippen LogP contribution in [0.2, 0.25) is 0 Å². The Morgan fingerprint density at radius 2 is 2.06 bits per heavy atom. The summed E-state index contributed by atoms with van der Waals surface area (Å²) >= 11 is 1.31. The van der Waals surface area contributed by atoms with Crippen molar-refractivity contribution < 1.29 is 4.79 Å². The van der Waals surface area contributed by atoms with E-state index in [9.17, 15) is 4.79 Å². The molecular formula is C12H14N4OS. The van der Waals surface area contributed by atoms with E-state index in [1.54, 1.807) is 4.68 Å². The predicted octanol–water partition coefficient (Wildman–Crippen LogP) is 1.34. The first-order chi connectivity index (χ1) is 8.59. The van der Waals surface area contributed by atoms with Crippen molar-refractivity contribution in [3.05, 3.63) is 36.0 Å². The van der Waals surface area contributed by atoms with Gasteiger partial charge in [0.2, 0.25) is 5.91 Å². The Labute approximate surface area is 109 Å². The average molecular weight is 262 g/mol. The van der Waals surface area contributed by atoms with Gasteiger partial charge >= 0.3 is 0 Å². The molecule has 0 unspecified atom stereocenters. The molecule has 0 atom stereocenters. The van der Waals surface area contributed by atoms with E-state index in [0.717, 1.165) is 16.3 Å². The predicted molar refractivity (Wildman–Crippen MR) is 72.6 cm³/mol. The fraction of sp³-hybridized carbons (Fsp3) is 0.167. The van der Waals surface area contributed by atoms with Gasteiger partial charge in [0.1, 0.15) is 5.82 Å². The molecule has 0 spiro atoms. The van der Waals surface area contributed by atoms with Gasteiger partial charge in [0.15, 0.2) is 0 Å². The minimum absolute atomic E-state index is 0.200. The van der Waals surface area contributed by atoms with Crippen molar-refractivity contribution in [1.29, 1.82) is 0 Å². The number of thioether (sulfide) groups is 1. The Morgan fingerprint density at radius 1 is 1.39 bits per heavy atom. The highest BCUT2D eigenvalue weighted by atomic mass is 32.2. The van der Waals surface area contributed by atoms with E-state index in [2.05, 4.69) is 5.10 Å². The largest absolute Gasteiger partial charge is 0.383 e. The van der Waals surface area contributed by atoms with Crippen LogP contribution in [0.15, 0.2) is 35.2 Å². The van der Waals surface area contributed by atoms with Gasteiger partial charge in [-0.05, 0) is 19.1 Å². The third-order valence-electron chi connectivity index (χ3n) is 2.40. The molecule has 1 amide bonds. The number of primary amides is 1.